The van der Waals surface area contributed by atoms with Gasteiger partial charge in [0.15, 0.2) is 0 Å². The summed E-state index contributed by atoms with van der Waals surface area (Å²) in [4.78, 5) is 36.9. The van der Waals surface area contributed by atoms with E-state index in [0.717, 1.165) is 22.3 Å². The van der Waals surface area contributed by atoms with E-state index in [2.05, 4.69) is 29.3 Å². The van der Waals surface area contributed by atoms with Gasteiger partial charge in [0.1, 0.15) is 18.7 Å². The van der Waals surface area contributed by atoms with Crippen molar-refractivity contribution in [1.82, 2.24) is 10.6 Å². The van der Waals surface area contributed by atoms with Crippen molar-refractivity contribution in [3.05, 3.63) is 72.3 Å². The van der Waals surface area contributed by atoms with Crippen LogP contribution >= 0.6 is 11.8 Å². The Morgan fingerprint density at radius 2 is 1.65 bits per heavy atom. The van der Waals surface area contributed by atoms with Crippen LogP contribution in [0.1, 0.15) is 36.3 Å². The maximum absolute atomic E-state index is 12.8. The van der Waals surface area contributed by atoms with Crippen molar-refractivity contribution in [1.29, 1.82) is 0 Å². The number of carbonyl (C=O) groups is 3. The fourth-order valence-electron chi connectivity index (χ4n) is 4.10. The number of aliphatic carboxylic acids is 1. The molecule has 180 valence electrons. The molecule has 2 aromatic rings. The van der Waals surface area contributed by atoms with E-state index >= 15 is 0 Å². The van der Waals surface area contributed by atoms with Crippen LogP contribution < -0.4 is 10.6 Å². The number of fused-ring (bicyclic) bond motifs is 3. The molecule has 0 saturated heterocycles. The van der Waals surface area contributed by atoms with E-state index in [0.29, 0.717) is 18.6 Å². The molecule has 0 fully saturated rings. The van der Waals surface area contributed by atoms with Gasteiger partial charge < -0.3 is 20.5 Å². The van der Waals surface area contributed by atoms with E-state index in [1.165, 1.54) is 11.8 Å². The fourth-order valence-corrected chi connectivity index (χ4v) is 4.57. The number of hydrogen-bond donors (Lipinski definition) is 3. The predicted octanol–water partition coefficient (Wildman–Crippen LogP) is 4.18. The number of hydrogen-bond acceptors (Lipinski definition) is 5. The molecule has 0 aliphatic heterocycles. The summed E-state index contributed by atoms with van der Waals surface area (Å²) < 4.78 is 5.55. The molecular weight excluding hydrogens is 452 g/mol. The lowest BCUT2D eigenvalue weighted by molar-refractivity contribution is -0.142. The molecule has 3 rings (SSSR count). The van der Waals surface area contributed by atoms with E-state index < -0.39 is 30.1 Å². The van der Waals surface area contributed by atoms with Gasteiger partial charge in [-0.15, -0.1) is 6.58 Å². The molecule has 2 amide bonds. The topological polar surface area (TPSA) is 105 Å². The molecule has 1 aliphatic carbocycles. The number of ether oxygens (including phenoxy) is 1. The van der Waals surface area contributed by atoms with Gasteiger partial charge in [0, 0.05) is 5.92 Å². The summed E-state index contributed by atoms with van der Waals surface area (Å²) in [6.07, 6.45) is 3.82. The Morgan fingerprint density at radius 3 is 2.21 bits per heavy atom. The largest absolute Gasteiger partial charge is 0.480 e. The number of thioether (sulfide) groups is 1. The highest BCUT2D eigenvalue weighted by Crippen LogP contribution is 2.44. The molecule has 0 saturated carbocycles. The zero-order valence-corrected chi connectivity index (χ0v) is 20.0. The third-order valence-corrected chi connectivity index (χ3v) is 6.48. The fraction of sp³-hybridized carbons (Fsp3) is 0.346. The van der Waals surface area contributed by atoms with Crippen LogP contribution in [0, 0.1) is 0 Å². The molecule has 0 heterocycles. The molecule has 0 bridgehead atoms. The first-order chi connectivity index (χ1) is 16.5. The van der Waals surface area contributed by atoms with Gasteiger partial charge in [0.25, 0.3) is 0 Å². The van der Waals surface area contributed by atoms with Crippen LogP contribution in [0.15, 0.2) is 61.2 Å². The van der Waals surface area contributed by atoms with Crippen LogP contribution in [0.4, 0.5) is 4.79 Å². The lowest BCUT2D eigenvalue weighted by atomic mass is 9.98. The molecule has 2 aromatic carbocycles. The van der Waals surface area contributed by atoms with E-state index in [1.54, 1.807) is 6.08 Å². The lowest BCUT2D eigenvalue weighted by Gasteiger charge is -2.21. The molecule has 34 heavy (non-hydrogen) atoms. The number of carboxylic acids is 1. The number of carboxylic acid groups (broad SMARTS) is 1. The molecule has 7 nitrogen and oxygen atoms in total. The Bertz CT molecular complexity index is 996. The number of alkyl carbamates (subject to hydrolysis) is 1. The Morgan fingerprint density at radius 1 is 1.03 bits per heavy atom. The molecule has 8 heteroatoms. The number of nitrogens with one attached hydrogen (secondary N) is 2. The van der Waals surface area contributed by atoms with Crippen molar-refractivity contribution in [3.63, 3.8) is 0 Å². The lowest BCUT2D eigenvalue weighted by Crippen LogP contribution is -2.52. The van der Waals surface area contributed by atoms with Crippen molar-refractivity contribution in [3.8, 4) is 11.1 Å². The van der Waals surface area contributed by atoms with E-state index in [4.69, 9.17) is 4.74 Å². The Balaban J connectivity index is 1.64. The van der Waals surface area contributed by atoms with Crippen molar-refractivity contribution in [2.45, 2.75) is 37.3 Å². The number of amides is 2. The summed E-state index contributed by atoms with van der Waals surface area (Å²) in [6, 6.07) is 14.1. The van der Waals surface area contributed by atoms with Crippen LogP contribution in [-0.2, 0) is 14.3 Å². The molecule has 0 aromatic heterocycles. The molecule has 0 radical (unpaired) electrons. The van der Waals surface area contributed by atoms with Crippen LogP contribution in [-0.4, -0.2) is 53.8 Å². The average Bonchev–Trinajstić information content (AvgIpc) is 3.16. The number of rotatable bonds is 12. The van der Waals surface area contributed by atoms with Crippen molar-refractivity contribution >= 4 is 29.7 Å². The van der Waals surface area contributed by atoms with Gasteiger partial charge in [-0.3, -0.25) is 4.79 Å². The van der Waals surface area contributed by atoms with Gasteiger partial charge in [-0.25, -0.2) is 9.59 Å². The van der Waals surface area contributed by atoms with Crippen molar-refractivity contribution < 1.29 is 24.2 Å². The minimum Gasteiger partial charge on any atom is -0.480 e. The normalized spacial score (nSPS) is 13.8. The average molecular weight is 483 g/mol. The highest BCUT2D eigenvalue weighted by atomic mass is 32.2. The minimum atomic E-state index is -1.13. The van der Waals surface area contributed by atoms with E-state index in [-0.39, 0.29) is 18.9 Å². The first-order valence-corrected chi connectivity index (χ1v) is 12.6. The van der Waals surface area contributed by atoms with Crippen LogP contribution in [0.25, 0.3) is 11.1 Å². The standard InChI is InChI=1S/C26H30N2O5S/c1-3-4-13-23(25(30)31)27-24(29)22(14-15-34-2)28-26(32)33-16-21-19-11-7-5-9-17(19)18-10-6-8-12-20(18)21/h3,5-12,21-23H,1,4,13-16H2,2H3,(H,27,29)(H,28,32)(H,30,31)/t22-,23?/m0/s1. The Kier molecular flexibility index (Phi) is 9.16. The van der Waals surface area contributed by atoms with Crippen molar-refractivity contribution in [2.24, 2.45) is 0 Å². The molecule has 1 aliphatic rings. The van der Waals surface area contributed by atoms with Gasteiger partial charge in [-0.05, 0) is 53.5 Å². The van der Waals surface area contributed by atoms with Gasteiger partial charge in [0.05, 0.1) is 0 Å². The zero-order valence-electron chi connectivity index (χ0n) is 19.2. The highest BCUT2D eigenvalue weighted by molar-refractivity contribution is 7.98. The molecule has 3 N–H and O–H groups in total. The third-order valence-electron chi connectivity index (χ3n) is 5.84. The molecule has 2 atom stereocenters. The summed E-state index contributed by atoms with van der Waals surface area (Å²) in [5.74, 6) is -1.14. The molecule has 0 spiro atoms. The second-order valence-electron chi connectivity index (χ2n) is 8.07. The van der Waals surface area contributed by atoms with Gasteiger partial charge in [-0.1, -0.05) is 54.6 Å². The number of benzene rings is 2. The Labute approximate surface area is 204 Å². The minimum absolute atomic E-state index is 0.0908. The van der Waals surface area contributed by atoms with Gasteiger partial charge in [0.2, 0.25) is 5.91 Å². The second kappa shape index (κ2) is 12.3. The highest BCUT2D eigenvalue weighted by Gasteiger charge is 2.30. The second-order valence-corrected chi connectivity index (χ2v) is 9.05. The predicted molar refractivity (Wildman–Crippen MR) is 134 cm³/mol. The SMILES string of the molecule is C=CCCC(NC(=O)[C@H](CCSC)NC(=O)OCC1c2ccccc2-c2ccccc21)C(=O)O. The van der Waals surface area contributed by atoms with Crippen LogP contribution in [0.5, 0.6) is 0 Å². The van der Waals surface area contributed by atoms with E-state index in [9.17, 15) is 19.5 Å². The first-order valence-electron chi connectivity index (χ1n) is 11.2. The smallest absolute Gasteiger partial charge is 0.407 e. The maximum atomic E-state index is 12.8. The monoisotopic (exact) mass is 482 g/mol. The van der Waals surface area contributed by atoms with Gasteiger partial charge >= 0.3 is 12.1 Å². The van der Waals surface area contributed by atoms with E-state index in [1.807, 2.05) is 42.7 Å². The summed E-state index contributed by atoms with van der Waals surface area (Å²) >= 11 is 1.53. The van der Waals surface area contributed by atoms with Gasteiger partial charge in [-0.2, -0.15) is 11.8 Å². The number of allylic oxidation sites excluding steroid dienone is 1. The summed E-state index contributed by atoms with van der Waals surface area (Å²) in [7, 11) is 0. The maximum Gasteiger partial charge on any atom is 0.407 e. The van der Waals surface area contributed by atoms with Crippen molar-refractivity contribution in [2.75, 3.05) is 18.6 Å². The quantitative estimate of drug-likeness (QED) is 0.392. The third kappa shape index (κ3) is 6.20. The molecular formula is C26H30N2O5S. The van der Waals surface area contributed by atoms with Crippen LogP contribution in [0.3, 0.4) is 0 Å². The Hall–Kier alpha value is -3.26. The first kappa shape index (κ1) is 25.4. The number of carbonyl (C=O) groups excluding carboxylic acids is 2. The summed E-state index contributed by atoms with van der Waals surface area (Å²) in [5.41, 5.74) is 4.45. The summed E-state index contributed by atoms with van der Waals surface area (Å²) in [5, 5.41) is 14.5. The zero-order chi connectivity index (χ0) is 24.5. The summed E-state index contributed by atoms with van der Waals surface area (Å²) in [6.45, 7) is 3.72. The molecule has 1 unspecified atom stereocenters. The van der Waals surface area contributed by atoms with Crippen LogP contribution in [0.2, 0.25) is 0 Å².